The molecule has 1 N–H and O–H groups in total. The molecule has 0 bridgehead atoms. The van der Waals surface area contributed by atoms with Gasteiger partial charge in [0.25, 0.3) is 0 Å². The molecule has 0 fully saturated rings. The number of benzene rings is 2. The number of ether oxygens (including phenoxy) is 1. The summed E-state index contributed by atoms with van der Waals surface area (Å²) >= 11 is 3.18. The van der Waals surface area contributed by atoms with Gasteiger partial charge in [0.2, 0.25) is 0 Å². The van der Waals surface area contributed by atoms with Crippen LogP contribution in [0.3, 0.4) is 0 Å². The van der Waals surface area contributed by atoms with E-state index in [0.29, 0.717) is 4.47 Å². The van der Waals surface area contributed by atoms with Gasteiger partial charge >= 0.3 is 5.97 Å². The van der Waals surface area contributed by atoms with Gasteiger partial charge < -0.3 is 9.84 Å². The highest BCUT2D eigenvalue weighted by Crippen LogP contribution is 2.24. The smallest absolute Gasteiger partial charge is 0.339 e. The second-order valence-electron chi connectivity index (χ2n) is 4.15. The van der Waals surface area contributed by atoms with E-state index in [0.717, 1.165) is 6.07 Å². The third-order valence-electron chi connectivity index (χ3n) is 2.74. The predicted octanol–water partition coefficient (Wildman–Crippen LogP) is 3.74. The standard InChI is InChI=1S/C15H9BrFNO3/c16-11-3-4-14(12(6-11)15(19)20)21-8-10-2-1-9(7-18)5-13(10)17/h1-6H,8H2,(H,19,20). The van der Waals surface area contributed by atoms with Crippen LogP contribution in [-0.4, -0.2) is 11.1 Å². The molecule has 0 aliphatic carbocycles. The molecule has 2 rings (SSSR count). The molecule has 0 saturated carbocycles. The summed E-state index contributed by atoms with van der Waals surface area (Å²) in [5, 5.41) is 17.8. The zero-order valence-corrected chi connectivity index (χ0v) is 12.2. The summed E-state index contributed by atoms with van der Waals surface area (Å²) in [4.78, 5) is 11.1. The van der Waals surface area contributed by atoms with Crippen LogP contribution in [0, 0.1) is 17.1 Å². The van der Waals surface area contributed by atoms with E-state index in [9.17, 15) is 9.18 Å². The topological polar surface area (TPSA) is 70.3 Å². The number of nitrogens with zero attached hydrogens (tertiary/aromatic N) is 1. The summed E-state index contributed by atoms with van der Waals surface area (Å²) in [5.74, 6) is -1.55. The van der Waals surface area contributed by atoms with Crippen molar-refractivity contribution in [1.82, 2.24) is 0 Å². The highest BCUT2D eigenvalue weighted by molar-refractivity contribution is 9.10. The molecule has 106 valence electrons. The number of nitriles is 1. The molecule has 21 heavy (non-hydrogen) atoms. The largest absolute Gasteiger partial charge is 0.488 e. The summed E-state index contributed by atoms with van der Waals surface area (Å²) in [6.07, 6.45) is 0. The maximum Gasteiger partial charge on any atom is 0.339 e. The van der Waals surface area contributed by atoms with Crippen molar-refractivity contribution in [3.05, 3.63) is 63.4 Å². The summed E-state index contributed by atoms with van der Waals surface area (Å²) < 4.78 is 19.7. The summed E-state index contributed by atoms with van der Waals surface area (Å²) in [5.41, 5.74) is 0.442. The first-order valence-electron chi connectivity index (χ1n) is 5.85. The van der Waals surface area contributed by atoms with Crippen molar-refractivity contribution >= 4 is 21.9 Å². The lowest BCUT2D eigenvalue weighted by Crippen LogP contribution is -2.04. The first kappa shape index (κ1) is 15.0. The molecule has 2 aromatic rings. The van der Waals surface area contributed by atoms with Gasteiger partial charge in [0.05, 0.1) is 11.6 Å². The first-order valence-corrected chi connectivity index (χ1v) is 6.64. The van der Waals surface area contributed by atoms with Gasteiger partial charge in [-0.3, -0.25) is 0 Å². The van der Waals surface area contributed by atoms with Crippen LogP contribution in [0.5, 0.6) is 5.75 Å². The Bertz CT molecular complexity index is 740. The molecule has 0 saturated heterocycles. The Labute approximate surface area is 128 Å². The number of hydrogen-bond acceptors (Lipinski definition) is 3. The molecule has 6 heteroatoms. The van der Waals surface area contributed by atoms with Crippen LogP contribution in [0.2, 0.25) is 0 Å². The lowest BCUT2D eigenvalue weighted by Gasteiger charge is -2.10. The average molecular weight is 350 g/mol. The third-order valence-corrected chi connectivity index (χ3v) is 3.23. The van der Waals surface area contributed by atoms with E-state index in [-0.39, 0.29) is 29.0 Å². The van der Waals surface area contributed by atoms with Gasteiger partial charge in [-0.15, -0.1) is 0 Å². The maximum atomic E-state index is 13.7. The monoisotopic (exact) mass is 349 g/mol. The maximum absolute atomic E-state index is 13.7. The normalized spacial score (nSPS) is 9.95. The van der Waals surface area contributed by atoms with E-state index in [2.05, 4.69) is 15.9 Å². The second-order valence-corrected chi connectivity index (χ2v) is 5.07. The van der Waals surface area contributed by atoms with Crippen molar-refractivity contribution in [2.24, 2.45) is 0 Å². The summed E-state index contributed by atoms with van der Waals surface area (Å²) in [6.45, 7) is -0.126. The summed E-state index contributed by atoms with van der Waals surface area (Å²) in [7, 11) is 0. The SMILES string of the molecule is N#Cc1ccc(COc2ccc(Br)cc2C(=O)O)c(F)c1. The van der Waals surface area contributed by atoms with Crippen LogP contribution < -0.4 is 4.74 Å². The van der Waals surface area contributed by atoms with E-state index in [1.54, 1.807) is 6.07 Å². The van der Waals surface area contributed by atoms with Crippen LogP contribution in [0.25, 0.3) is 0 Å². The van der Waals surface area contributed by atoms with Gasteiger partial charge in [-0.1, -0.05) is 22.0 Å². The number of aromatic carboxylic acids is 1. The Morgan fingerprint density at radius 3 is 2.71 bits per heavy atom. The van der Waals surface area contributed by atoms with Gasteiger partial charge in [-0.05, 0) is 30.3 Å². The van der Waals surface area contributed by atoms with Gasteiger partial charge in [-0.2, -0.15) is 5.26 Å². The fraction of sp³-hybridized carbons (Fsp3) is 0.0667. The Morgan fingerprint density at radius 2 is 2.10 bits per heavy atom. The number of carboxylic acid groups (broad SMARTS) is 1. The van der Waals surface area contributed by atoms with E-state index >= 15 is 0 Å². The van der Waals surface area contributed by atoms with E-state index in [1.165, 1.54) is 24.3 Å². The molecule has 4 nitrogen and oxygen atoms in total. The van der Waals surface area contributed by atoms with Crippen molar-refractivity contribution in [1.29, 1.82) is 5.26 Å². The Morgan fingerprint density at radius 1 is 1.33 bits per heavy atom. The van der Waals surface area contributed by atoms with Crippen LogP contribution >= 0.6 is 15.9 Å². The van der Waals surface area contributed by atoms with Crippen LogP contribution in [-0.2, 0) is 6.61 Å². The van der Waals surface area contributed by atoms with Crippen molar-refractivity contribution in [2.75, 3.05) is 0 Å². The molecule has 0 spiro atoms. The summed E-state index contributed by atoms with van der Waals surface area (Å²) in [6, 6.07) is 10.4. The van der Waals surface area contributed by atoms with Crippen LogP contribution in [0.15, 0.2) is 40.9 Å². The molecule has 0 unspecified atom stereocenters. The molecular weight excluding hydrogens is 341 g/mol. The van der Waals surface area contributed by atoms with Crippen LogP contribution in [0.4, 0.5) is 4.39 Å². The Hall–Kier alpha value is -2.39. The molecule has 0 atom stereocenters. The van der Waals surface area contributed by atoms with E-state index in [4.69, 9.17) is 15.1 Å². The van der Waals surface area contributed by atoms with Crippen molar-refractivity contribution < 1.29 is 19.0 Å². The molecule has 0 heterocycles. The number of carboxylic acids is 1. The zero-order chi connectivity index (χ0) is 15.4. The highest BCUT2D eigenvalue weighted by Gasteiger charge is 2.13. The van der Waals surface area contributed by atoms with E-state index in [1.807, 2.05) is 6.07 Å². The molecule has 0 aliphatic heterocycles. The van der Waals surface area contributed by atoms with E-state index < -0.39 is 11.8 Å². The molecule has 0 aliphatic rings. The Kier molecular flexibility index (Phi) is 4.55. The van der Waals surface area contributed by atoms with Crippen molar-refractivity contribution in [2.45, 2.75) is 6.61 Å². The molecule has 2 aromatic carbocycles. The Balaban J connectivity index is 2.21. The zero-order valence-electron chi connectivity index (χ0n) is 10.6. The second kappa shape index (κ2) is 6.37. The highest BCUT2D eigenvalue weighted by atomic mass is 79.9. The quantitative estimate of drug-likeness (QED) is 0.912. The molecule has 0 radical (unpaired) electrons. The van der Waals surface area contributed by atoms with Crippen molar-refractivity contribution in [3.63, 3.8) is 0 Å². The molecular formula is C15H9BrFNO3. The first-order chi connectivity index (χ1) is 10.0. The van der Waals surface area contributed by atoms with Crippen LogP contribution in [0.1, 0.15) is 21.5 Å². The fourth-order valence-electron chi connectivity index (χ4n) is 1.68. The average Bonchev–Trinajstić information content (AvgIpc) is 2.46. The third kappa shape index (κ3) is 3.58. The molecule has 0 amide bonds. The minimum absolute atomic E-state index is 0.0153. The van der Waals surface area contributed by atoms with Gasteiger partial charge in [-0.25, -0.2) is 9.18 Å². The lowest BCUT2D eigenvalue weighted by molar-refractivity contribution is 0.0691. The predicted molar refractivity (Wildman–Crippen MR) is 76.5 cm³/mol. The van der Waals surface area contributed by atoms with Crippen molar-refractivity contribution in [3.8, 4) is 11.8 Å². The number of carbonyl (C=O) groups is 1. The number of hydrogen-bond donors (Lipinski definition) is 1. The van der Waals surface area contributed by atoms with Gasteiger partial charge in [0.1, 0.15) is 23.7 Å². The lowest BCUT2D eigenvalue weighted by atomic mass is 10.1. The molecule has 0 aromatic heterocycles. The fourth-order valence-corrected chi connectivity index (χ4v) is 2.05. The van der Waals surface area contributed by atoms with Gasteiger partial charge in [0, 0.05) is 10.0 Å². The minimum Gasteiger partial charge on any atom is -0.488 e. The number of rotatable bonds is 4. The minimum atomic E-state index is -1.13. The van der Waals surface area contributed by atoms with Gasteiger partial charge in [0.15, 0.2) is 0 Å². The number of halogens is 2.